The van der Waals surface area contributed by atoms with Crippen molar-refractivity contribution in [1.82, 2.24) is 10.2 Å². The normalized spacial score (nSPS) is 11.1. The van der Waals surface area contributed by atoms with Gasteiger partial charge in [-0.25, -0.2) is 17.6 Å². The number of nitrogens with one attached hydrogen (secondary N) is 1. The van der Waals surface area contributed by atoms with E-state index in [1.807, 2.05) is 0 Å². The number of rotatable bonds is 4. The van der Waals surface area contributed by atoms with Crippen LogP contribution >= 0.6 is 11.6 Å². The molecule has 27 heavy (non-hydrogen) atoms. The van der Waals surface area contributed by atoms with Crippen LogP contribution in [0.15, 0.2) is 42.6 Å². The summed E-state index contributed by atoms with van der Waals surface area (Å²) in [5, 5.41) is 5.46. The number of nitrogens with zero attached hydrogens (tertiary/aromatic N) is 2. The van der Waals surface area contributed by atoms with Gasteiger partial charge in [0.2, 0.25) is 0 Å². The fraction of sp³-hybridized carbons (Fsp3) is 0.111. The first-order valence-corrected chi connectivity index (χ1v) is 8.02. The third kappa shape index (κ3) is 3.66. The number of alkyl halides is 2. The summed E-state index contributed by atoms with van der Waals surface area (Å²) < 4.78 is 53.6. The van der Waals surface area contributed by atoms with Crippen molar-refractivity contribution in [3.8, 4) is 11.1 Å². The molecule has 0 aliphatic rings. The minimum absolute atomic E-state index is 0.110. The molecule has 3 aromatic rings. The zero-order valence-corrected chi connectivity index (χ0v) is 14.6. The smallest absolute Gasteiger partial charge is 0.280 e. The van der Waals surface area contributed by atoms with Gasteiger partial charge in [0.15, 0.2) is 0 Å². The monoisotopic (exact) mass is 397 g/mol. The Labute approximate surface area is 156 Å². The van der Waals surface area contributed by atoms with Gasteiger partial charge in [0.05, 0.1) is 22.5 Å². The van der Waals surface area contributed by atoms with E-state index in [1.165, 1.54) is 25.2 Å². The molecule has 0 unspecified atom stereocenters. The lowest BCUT2D eigenvalue weighted by molar-refractivity contribution is 0.0978. The summed E-state index contributed by atoms with van der Waals surface area (Å²) in [6.07, 6.45) is -1.93. The highest BCUT2D eigenvalue weighted by Crippen LogP contribution is 2.34. The second-order valence-electron chi connectivity index (χ2n) is 5.65. The van der Waals surface area contributed by atoms with Gasteiger partial charge in [-0.05, 0) is 35.9 Å². The lowest BCUT2D eigenvalue weighted by Crippen LogP contribution is -2.27. The molecule has 4 nitrogen and oxygen atoms in total. The Balaban J connectivity index is 2.07. The van der Waals surface area contributed by atoms with Crippen LogP contribution in [0.2, 0.25) is 5.02 Å². The molecule has 0 saturated carbocycles. The highest BCUT2D eigenvalue weighted by Gasteiger charge is 2.25. The number of amides is 1. The first-order chi connectivity index (χ1) is 12.8. The molecule has 0 saturated heterocycles. The summed E-state index contributed by atoms with van der Waals surface area (Å²) in [4.78, 5) is 13.7. The van der Waals surface area contributed by atoms with Gasteiger partial charge < -0.3 is 4.90 Å². The van der Waals surface area contributed by atoms with Gasteiger partial charge in [0, 0.05) is 12.6 Å². The van der Waals surface area contributed by atoms with Crippen LogP contribution in [0.5, 0.6) is 0 Å². The van der Waals surface area contributed by atoms with Gasteiger partial charge in [-0.1, -0.05) is 17.7 Å². The largest absolute Gasteiger partial charge is 0.311 e. The molecule has 2 aromatic carbocycles. The number of hydrogen-bond donors (Lipinski definition) is 1. The van der Waals surface area contributed by atoms with Crippen molar-refractivity contribution >= 4 is 23.2 Å². The second kappa shape index (κ2) is 7.40. The topological polar surface area (TPSA) is 49.0 Å². The number of carbonyl (C=O) groups is 1. The van der Waals surface area contributed by atoms with Crippen LogP contribution in [0, 0.1) is 11.6 Å². The summed E-state index contributed by atoms with van der Waals surface area (Å²) >= 11 is 5.67. The molecule has 0 atom stereocenters. The number of aromatic nitrogens is 2. The predicted octanol–water partition coefficient (Wildman–Crippen LogP) is 5.22. The molecule has 0 bridgehead atoms. The molecule has 140 valence electrons. The fourth-order valence-corrected chi connectivity index (χ4v) is 2.74. The molecule has 0 aliphatic carbocycles. The van der Waals surface area contributed by atoms with Gasteiger partial charge in [0.25, 0.3) is 12.3 Å². The van der Waals surface area contributed by atoms with Crippen molar-refractivity contribution < 1.29 is 22.4 Å². The van der Waals surface area contributed by atoms with E-state index in [0.29, 0.717) is 0 Å². The average Bonchev–Trinajstić information content (AvgIpc) is 3.13. The number of H-pyrrole nitrogens is 1. The van der Waals surface area contributed by atoms with E-state index in [0.717, 1.165) is 29.3 Å². The van der Waals surface area contributed by atoms with Crippen molar-refractivity contribution in [2.24, 2.45) is 0 Å². The Hall–Kier alpha value is -2.87. The average molecular weight is 398 g/mol. The van der Waals surface area contributed by atoms with E-state index in [1.54, 1.807) is 0 Å². The van der Waals surface area contributed by atoms with Crippen molar-refractivity contribution in [2.45, 2.75) is 6.43 Å². The predicted molar refractivity (Wildman–Crippen MR) is 93.1 cm³/mol. The highest BCUT2D eigenvalue weighted by molar-refractivity contribution is 6.30. The molecule has 1 heterocycles. The Morgan fingerprint density at radius 3 is 2.59 bits per heavy atom. The zero-order valence-electron chi connectivity index (χ0n) is 13.8. The molecular formula is C18H12ClF4N3O. The molecule has 1 amide bonds. The minimum atomic E-state index is -2.92. The number of carbonyl (C=O) groups excluding carboxylic acids is 1. The van der Waals surface area contributed by atoms with Gasteiger partial charge in [-0.3, -0.25) is 9.89 Å². The van der Waals surface area contributed by atoms with Crippen molar-refractivity contribution in [1.29, 1.82) is 0 Å². The molecule has 0 radical (unpaired) electrons. The van der Waals surface area contributed by atoms with Crippen molar-refractivity contribution in [2.75, 3.05) is 11.9 Å². The third-order valence-electron chi connectivity index (χ3n) is 3.97. The molecule has 9 heteroatoms. The molecular weight excluding hydrogens is 386 g/mol. The third-order valence-corrected chi connectivity index (χ3v) is 4.28. The maximum Gasteiger partial charge on any atom is 0.280 e. The SMILES string of the molecule is CN(C(=O)c1cn[nH]c1C(F)F)c1ccc(F)cc1-c1ccc(Cl)c(F)c1. The number of halogens is 5. The van der Waals surface area contributed by atoms with Gasteiger partial charge in [-0.2, -0.15) is 5.10 Å². The van der Waals surface area contributed by atoms with E-state index >= 15 is 0 Å². The summed E-state index contributed by atoms with van der Waals surface area (Å²) in [6, 6.07) is 7.39. The Kier molecular flexibility index (Phi) is 5.18. The van der Waals surface area contributed by atoms with Gasteiger partial charge in [-0.15, -0.1) is 0 Å². The van der Waals surface area contributed by atoms with Crippen LogP contribution in [-0.2, 0) is 0 Å². The minimum Gasteiger partial charge on any atom is -0.311 e. The van der Waals surface area contributed by atoms with Crippen LogP contribution in [0.1, 0.15) is 22.5 Å². The maximum absolute atomic E-state index is 13.8. The first kappa shape index (κ1) is 18.9. The summed E-state index contributed by atoms with van der Waals surface area (Å²) in [6.45, 7) is 0. The first-order valence-electron chi connectivity index (χ1n) is 7.64. The maximum atomic E-state index is 13.8. The van der Waals surface area contributed by atoms with Crippen LogP contribution in [0.4, 0.5) is 23.2 Å². The van der Waals surface area contributed by atoms with E-state index in [9.17, 15) is 22.4 Å². The van der Waals surface area contributed by atoms with Crippen molar-refractivity contribution in [3.05, 3.63) is 70.5 Å². The fourth-order valence-electron chi connectivity index (χ4n) is 2.62. The van der Waals surface area contributed by atoms with E-state index in [2.05, 4.69) is 10.2 Å². The van der Waals surface area contributed by atoms with Gasteiger partial charge >= 0.3 is 0 Å². The van der Waals surface area contributed by atoms with Crippen LogP contribution in [-0.4, -0.2) is 23.2 Å². The van der Waals surface area contributed by atoms with Crippen LogP contribution < -0.4 is 4.90 Å². The standard InChI is InChI=1S/C18H12ClF4N3O/c1-26(18(27)12-8-24-25-16(12)17(22)23)15-5-3-10(20)7-11(15)9-2-4-13(19)14(21)6-9/h2-8,17H,1H3,(H,24,25). The number of aromatic amines is 1. The Bertz CT molecular complexity index is 1010. The number of anilines is 1. The summed E-state index contributed by atoms with van der Waals surface area (Å²) in [5.41, 5.74) is -0.265. The quantitative estimate of drug-likeness (QED) is 0.613. The Morgan fingerprint density at radius 2 is 1.93 bits per heavy atom. The summed E-state index contributed by atoms with van der Waals surface area (Å²) in [7, 11) is 1.34. The van der Waals surface area contributed by atoms with Crippen LogP contribution in [0.25, 0.3) is 11.1 Å². The van der Waals surface area contributed by atoms with E-state index in [-0.39, 0.29) is 27.4 Å². The lowest BCUT2D eigenvalue weighted by Gasteiger charge is -2.21. The van der Waals surface area contributed by atoms with E-state index < -0.39 is 29.7 Å². The number of hydrogen-bond acceptors (Lipinski definition) is 2. The molecule has 1 N–H and O–H groups in total. The van der Waals surface area contributed by atoms with Gasteiger partial charge in [0.1, 0.15) is 17.3 Å². The molecule has 1 aromatic heterocycles. The Morgan fingerprint density at radius 1 is 1.19 bits per heavy atom. The van der Waals surface area contributed by atoms with Crippen LogP contribution in [0.3, 0.4) is 0 Å². The number of benzene rings is 2. The lowest BCUT2D eigenvalue weighted by atomic mass is 10.0. The summed E-state index contributed by atoms with van der Waals surface area (Å²) in [5.74, 6) is -2.10. The molecule has 3 rings (SSSR count). The molecule has 0 spiro atoms. The zero-order chi connectivity index (χ0) is 19.7. The highest BCUT2D eigenvalue weighted by atomic mass is 35.5. The van der Waals surface area contributed by atoms with E-state index in [4.69, 9.17) is 11.6 Å². The second-order valence-corrected chi connectivity index (χ2v) is 6.06. The molecule has 0 fully saturated rings. The molecule has 0 aliphatic heterocycles. The van der Waals surface area contributed by atoms with Crippen molar-refractivity contribution in [3.63, 3.8) is 0 Å².